The van der Waals surface area contributed by atoms with Crippen LogP contribution in [0, 0.1) is 61.6 Å². The fourth-order valence-electron chi connectivity index (χ4n) is 13.8. The molecule has 0 saturated heterocycles. The summed E-state index contributed by atoms with van der Waals surface area (Å²) in [7, 11) is 0. The number of nitrogens with one attached hydrogen (secondary N) is 1. The summed E-state index contributed by atoms with van der Waals surface area (Å²) in [5.41, 5.74) is -0.716. The smallest absolute Gasteiger partial charge is 0.309 e. The average molecular weight is 867 g/mol. The number of allylic oxidation sites excluding steroid dienone is 1. The number of hydrogen-bond acceptors (Lipinski definition) is 8. The van der Waals surface area contributed by atoms with E-state index in [4.69, 9.17) is 21.1 Å². The average Bonchev–Trinajstić information content (AvgIpc) is 3.46. The summed E-state index contributed by atoms with van der Waals surface area (Å²) in [6.45, 7) is 23.2. The Morgan fingerprint density at radius 3 is 2.00 bits per heavy atom. The summed E-state index contributed by atoms with van der Waals surface area (Å²) in [5.74, 6) is -2.22. The molecule has 0 amide bonds. The van der Waals surface area contributed by atoms with Crippen LogP contribution in [0.5, 0.6) is 0 Å². The van der Waals surface area contributed by atoms with Crippen molar-refractivity contribution < 1.29 is 43.7 Å². The van der Waals surface area contributed by atoms with Gasteiger partial charge in [0.2, 0.25) is 0 Å². The van der Waals surface area contributed by atoms with Gasteiger partial charge in [-0.25, -0.2) is 0 Å². The molecule has 0 bridgehead atoms. The molecule has 6 rings (SSSR count). The largest absolute Gasteiger partial charge is 0.481 e. The molecule has 338 valence electrons. The van der Waals surface area contributed by atoms with Gasteiger partial charge in [0.15, 0.2) is 5.78 Å². The van der Waals surface area contributed by atoms with Gasteiger partial charge in [-0.05, 0) is 148 Å². The third kappa shape index (κ3) is 8.12. The lowest BCUT2D eigenvalue weighted by Gasteiger charge is -2.72. The summed E-state index contributed by atoms with van der Waals surface area (Å²) in [6, 6.07) is 7.59. The maximum absolute atomic E-state index is 14.5. The highest BCUT2D eigenvalue weighted by Crippen LogP contribution is 2.77. The van der Waals surface area contributed by atoms with Crippen molar-refractivity contribution in [1.29, 1.82) is 0 Å². The van der Waals surface area contributed by atoms with Crippen molar-refractivity contribution in [3.8, 4) is 0 Å². The Kier molecular flexibility index (Phi) is 12.7. The van der Waals surface area contributed by atoms with Crippen LogP contribution in [0.1, 0.15) is 152 Å². The summed E-state index contributed by atoms with van der Waals surface area (Å²) in [4.78, 5) is 65.5. The molecule has 4 fully saturated rings. The monoisotopic (exact) mass is 865 g/mol. The molecule has 3 N–H and O–H groups in total. The molecule has 10 nitrogen and oxygen atoms in total. The van der Waals surface area contributed by atoms with E-state index in [0.29, 0.717) is 36.4 Å². The highest BCUT2D eigenvalue weighted by Gasteiger charge is 2.71. The van der Waals surface area contributed by atoms with Gasteiger partial charge >= 0.3 is 23.9 Å². The van der Waals surface area contributed by atoms with Crippen LogP contribution in [0.3, 0.4) is 0 Å². The molecule has 1 aromatic rings. The van der Waals surface area contributed by atoms with Crippen LogP contribution >= 0.6 is 11.6 Å². The number of rotatable bonds is 14. The molecule has 11 heteroatoms. The third-order valence-corrected chi connectivity index (χ3v) is 17.7. The topological polar surface area (TPSA) is 156 Å². The number of Topliss-reactive ketones (excluding diaryl/α,β-unsaturated/α-hetero) is 1. The van der Waals surface area contributed by atoms with E-state index in [0.717, 1.165) is 56.1 Å². The first-order chi connectivity index (χ1) is 28.2. The molecule has 0 aromatic heterocycles. The van der Waals surface area contributed by atoms with Crippen molar-refractivity contribution in [3.05, 3.63) is 46.0 Å². The van der Waals surface area contributed by atoms with Crippen LogP contribution in [0.4, 0.5) is 0 Å². The van der Waals surface area contributed by atoms with E-state index in [9.17, 15) is 34.2 Å². The predicted octanol–water partition coefficient (Wildman–Crippen LogP) is 10.2. The van der Waals surface area contributed by atoms with Crippen LogP contribution in [0.25, 0.3) is 0 Å². The lowest BCUT2D eigenvalue weighted by molar-refractivity contribution is -0.235. The van der Waals surface area contributed by atoms with Crippen molar-refractivity contribution in [2.24, 2.45) is 61.6 Å². The van der Waals surface area contributed by atoms with Crippen molar-refractivity contribution in [2.75, 3.05) is 6.54 Å². The zero-order valence-corrected chi connectivity index (χ0v) is 39.4. The maximum Gasteiger partial charge on any atom is 0.309 e. The third-order valence-electron chi connectivity index (χ3n) is 17.5. The number of fused-ring (bicyclic) bond motifs is 7. The Morgan fingerprint density at radius 2 is 1.41 bits per heavy atom. The van der Waals surface area contributed by atoms with E-state index >= 15 is 0 Å². The summed E-state index contributed by atoms with van der Waals surface area (Å²) < 4.78 is 12.7. The fraction of sp³-hybridized carbons (Fsp3) is 0.740. The molecule has 9 atom stereocenters. The fourth-order valence-corrected chi connectivity index (χ4v) is 14.0. The first kappa shape index (κ1) is 47.2. The lowest BCUT2D eigenvalue weighted by Crippen LogP contribution is -2.66. The normalized spacial score (nSPS) is 33.8. The second-order valence-electron chi connectivity index (χ2n) is 22.7. The van der Waals surface area contributed by atoms with Gasteiger partial charge in [0.25, 0.3) is 0 Å². The van der Waals surface area contributed by atoms with E-state index in [1.54, 1.807) is 13.8 Å². The standard InChI is InChI=1S/C50H72ClNO9/c1-29(2)40-33(53)24-50(37(61-39(55)26-45(5,6)43(58)59)28-52-27-30-12-14-31(51)15-13-30)23-22-48(10)32(41(40)50)16-17-35-47(9)20-19-36(60-38(54)25-44(3,4)42(56)57)46(7,8)34(47)18-21-49(35,48)11/h12-15,29,32,34-37,52H,16-28H2,1-11H3,(H,56,57)(H,58,59)/t32-,34+,35-,36+,37+,47+,48-,49-,50-/m1/s1. The lowest BCUT2D eigenvalue weighted by atomic mass is 9.33. The number of aliphatic carboxylic acids is 2. The number of ether oxygens (including phenoxy) is 2. The molecular weight excluding hydrogens is 794 g/mol. The number of carbonyl (C=O) groups is 5. The minimum atomic E-state index is -1.32. The van der Waals surface area contributed by atoms with Crippen LogP contribution in [-0.4, -0.2) is 58.6 Å². The van der Waals surface area contributed by atoms with Crippen LogP contribution < -0.4 is 5.32 Å². The summed E-state index contributed by atoms with van der Waals surface area (Å²) >= 11 is 6.18. The zero-order valence-electron chi connectivity index (χ0n) is 38.6. The van der Waals surface area contributed by atoms with Crippen molar-refractivity contribution in [1.82, 2.24) is 5.32 Å². The number of carboxylic acid groups (broad SMARTS) is 2. The molecular formula is C50H72ClNO9. The quantitative estimate of drug-likeness (QED) is 0.154. The van der Waals surface area contributed by atoms with Crippen LogP contribution in [0.15, 0.2) is 35.4 Å². The van der Waals surface area contributed by atoms with Crippen LogP contribution in [-0.2, 0) is 40.0 Å². The van der Waals surface area contributed by atoms with Crippen molar-refractivity contribution in [2.45, 2.75) is 166 Å². The van der Waals surface area contributed by atoms with E-state index in [1.165, 1.54) is 19.4 Å². The Hall–Kier alpha value is -3.24. The molecule has 5 aliphatic carbocycles. The Morgan fingerprint density at radius 1 is 0.803 bits per heavy atom. The second-order valence-corrected chi connectivity index (χ2v) is 23.1. The van der Waals surface area contributed by atoms with Gasteiger partial charge in [0.1, 0.15) is 12.2 Å². The van der Waals surface area contributed by atoms with Crippen molar-refractivity contribution in [3.63, 3.8) is 0 Å². The molecule has 0 aliphatic heterocycles. The van der Waals surface area contributed by atoms with Gasteiger partial charge in [0, 0.05) is 35.4 Å². The Balaban J connectivity index is 1.33. The molecule has 61 heavy (non-hydrogen) atoms. The highest BCUT2D eigenvalue weighted by atomic mass is 35.5. The van der Waals surface area contributed by atoms with Crippen molar-refractivity contribution >= 4 is 41.3 Å². The Labute approximate surface area is 368 Å². The highest BCUT2D eigenvalue weighted by molar-refractivity contribution is 6.30. The molecule has 0 unspecified atom stereocenters. The molecule has 4 saturated carbocycles. The molecule has 0 spiro atoms. The number of carbonyl (C=O) groups excluding carboxylic acids is 3. The van der Waals surface area contributed by atoms with E-state index in [-0.39, 0.29) is 64.6 Å². The zero-order chi connectivity index (χ0) is 45.3. The van der Waals surface area contributed by atoms with Gasteiger partial charge in [-0.2, -0.15) is 0 Å². The SMILES string of the molecule is CC(C)C1=C2[C@H]3CC[C@@H]4[C@@]5(C)CC[C@H](OC(=O)CC(C)(C)C(=O)O)C(C)(C)[C@@H]5CC[C@@]4(C)[C@]3(C)CC[C@]2([C@H](CNCc2ccc(Cl)cc2)OC(=O)CC(C)(C)C(=O)O)CC1=O. The number of carboxylic acids is 2. The van der Waals surface area contributed by atoms with Gasteiger partial charge in [-0.15, -0.1) is 0 Å². The minimum absolute atomic E-state index is 0.0188. The first-order valence-electron chi connectivity index (χ1n) is 22.7. The van der Waals surface area contributed by atoms with Gasteiger partial charge in [-0.3, -0.25) is 24.0 Å². The number of ketones is 1. The summed E-state index contributed by atoms with van der Waals surface area (Å²) in [5, 5.41) is 23.8. The molecule has 0 heterocycles. The molecule has 0 radical (unpaired) electrons. The predicted molar refractivity (Wildman–Crippen MR) is 234 cm³/mol. The number of halogens is 1. The van der Waals surface area contributed by atoms with Gasteiger partial charge in [0.05, 0.1) is 23.7 Å². The van der Waals surface area contributed by atoms with E-state index in [1.807, 2.05) is 24.3 Å². The maximum atomic E-state index is 14.5. The molecule has 1 aromatic carbocycles. The van der Waals surface area contributed by atoms with Gasteiger partial charge in [-0.1, -0.05) is 72.2 Å². The second kappa shape index (κ2) is 16.4. The van der Waals surface area contributed by atoms with Gasteiger partial charge < -0.3 is 25.0 Å². The minimum Gasteiger partial charge on any atom is -0.481 e. The van der Waals surface area contributed by atoms with E-state index in [2.05, 4.69) is 53.8 Å². The summed E-state index contributed by atoms with van der Waals surface area (Å²) in [6.07, 6.45) is 5.87. The van der Waals surface area contributed by atoms with E-state index < -0.39 is 46.2 Å². The number of hydrogen-bond donors (Lipinski definition) is 3. The van der Waals surface area contributed by atoms with Crippen LogP contribution in [0.2, 0.25) is 5.02 Å². The first-order valence-corrected chi connectivity index (χ1v) is 23.1. The number of benzene rings is 1. The Bertz CT molecular complexity index is 1950. The molecule has 5 aliphatic rings. The number of esters is 2.